The minimum Gasteiger partial charge on any atom is -0.497 e. The van der Waals surface area contributed by atoms with Gasteiger partial charge in [0.05, 0.1) is 37.9 Å². The molecule has 1 spiro atoms. The number of aliphatic hydroxyl groups excluding tert-OH is 1. The topological polar surface area (TPSA) is 106 Å². The summed E-state index contributed by atoms with van der Waals surface area (Å²) in [4.78, 5) is 45.4. The van der Waals surface area contributed by atoms with Gasteiger partial charge in [0, 0.05) is 12.2 Å². The van der Waals surface area contributed by atoms with Gasteiger partial charge in [0.25, 0.3) is 5.91 Å². The number of fused-ring (bicyclic) bond motifs is 1. The van der Waals surface area contributed by atoms with Crippen LogP contribution < -0.4 is 9.64 Å². The van der Waals surface area contributed by atoms with E-state index in [0.29, 0.717) is 43.5 Å². The Bertz CT molecular complexity index is 1100. The quantitative estimate of drug-likeness (QED) is 0.233. The molecule has 0 aromatic heterocycles. The number of ether oxygens (including phenoxy) is 3. The second-order valence-electron chi connectivity index (χ2n) is 10.5. The number of amides is 2. The molecule has 39 heavy (non-hydrogen) atoms. The Labute approximate surface area is 230 Å². The minimum absolute atomic E-state index is 0.164. The van der Waals surface area contributed by atoms with Gasteiger partial charge < -0.3 is 29.1 Å². The fraction of sp³-hybridized carbons (Fsp3) is 0.567. The molecular formula is C30H40N2O7. The summed E-state index contributed by atoms with van der Waals surface area (Å²) in [6, 6.07) is 5.46. The van der Waals surface area contributed by atoms with Crippen LogP contribution in [0.15, 0.2) is 49.6 Å². The Hall–Kier alpha value is -3.17. The number of carbonyl (C=O) groups is 3. The Morgan fingerprint density at radius 1 is 1.23 bits per heavy atom. The molecule has 3 saturated heterocycles. The summed E-state index contributed by atoms with van der Waals surface area (Å²) < 4.78 is 17.6. The summed E-state index contributed by atoms with van der Waals surface area (Å²) >= 11 is 0. The van der Waals surface area contributed by atoms with E-state index >= 15 is 0 Å². The van der Waals surface area contributed by atoms with Crippen LogP contribution in [-0.2, 0) is 23.9 Å². The van der Waals surface area contributed by atoms with E-state index in [1.807, 2.05) is 13.8 Å². The standard InChI is InChI=1S/C30H40N2O7/c1-6-10-18-38-28(36)24-23-26(34)32(20(8-3)19-33)25(30(23)16-15-29(24,9-4)39-30)27(35)31(17-7-2)21-11-13-22(37-5)14-12-21/h6-7,11-14,20,23-25,33H,1-2,8-10,15-19H2,3-5H3/t20-,23-,24+,25?,29-,30?/m0/s1. The van der Waals surface area contributed by atoms with E-state index < -0.39 is 41.1 Å². The van der Waals surface area contributed by atoms with Crippen molar-refractivity contribution in [3.8, 4) is 5.75 Å². The fourth-order valence-electron chi connectivity index (χ4n) is 6.80. The second-order valence-corrected chi connectivity index (χ2v) is 10.5. The third-order valence-corrected chi connectivity index (χ3v) is 8.71. The maximum atomic E-state index is 14.6. The lowest BCUT2D eigenvalue weighted by atomic mass is 9.65. The second kappa shape index (κ2) is 11.5. The zero-order chi connectivity index (χ0) is 28.4. The SMILES string of the molecule is C=CCCOC(=O)[C@H]1[C@H]2C(=O)N([C@@H](CC)CO)C(C(=O)N(CC=C)c3ccc(OC)cc3)C23CC[C@]1(CC)O3. The molecule has 0 aliphatic carbocycles. The molecule has 2 unspecified atom stereocenters. The van der Waals surface area contributed by atoms with Crippen LogP contribution in [0.3, 0.4) is 0 Å². The van der Waals surface area contributed by atoms with Gasteiger partial charge >= 0.3 is 5.97 Å². The van der Waals surface area contributed by atoms with Crippen LogP contribution in [0.1, 0.15) is 46.0 Å². The number of nitrogens with zero attached hydrogens (tertiary/aromatic N) is 2. The molecule has 2 amide bonds. The molecule has 6 atom stereocenters. The third kappa shape index (κ3) is 4.55. The van der Waals surface area contributed by atoms with Crippen LogP contribution in [0.2, 0.25) is 0 Å². The maximum Gasteiger partial charge on any atom is 0.312 e. The first-order chi connectivity index (χ1) is 18.8. The van der Waals surface area contributed by atoms with Crippen LogP contribution in [0.25, 0.3) is 0 Å². The van der Waals surface area contributed by atoms with Gasteiger partial charge in [-0.2, -0.15) is 0 Å². The number of carbonyl (C=O) groups excluding carboxylic acids is 3. The molecule has 9 heteroatoms. The van der Waals surface area contributed by atoms with Crippen LogP contribution in [0, 0.1) is 11.8 Å². The molecule has 3 heterocycles. The number of hydrogen-bond acceptors (Lipinski definition) is 7. The summed E-state index contributed by atoms with van der Waals surface area (Å²) in [5, 5.41) is 10.3. The molecule has 0 radical (unpaired) electrons. The van der Waals surface area contributed by atoms with E-state index in [4.69, 9.17) is 14.2 Å². The number of anilines is 1. The van der Waals surface area contributed by atoms with Gasteiger partial charge in [-0.15, -0.1) is 13.2 Å². The first kappa shape index (κ1) is 28.8. The first-order valence-corrected chi connectivity index (χ1v) is 13.8. The predicted molar refractivity (Wildman–Crippen MR) is 146 cm³/mol. The molecule has 212 valence electrons. The number of benzene rings is 1. The molecular weight excluding hydrogens is 500 g/mol. The normalized spacial score (nSPS) is 29.6. The van der Waals surface area contributed by atoms with Crippen molar-refractivity contribution in [2.24, 2.45) is 11.8 Å². The average molecular weight is 541 g/mol. The first-order valence-electron chi connectivity index (χ1n) is 13.8. The van der Waals surface area contributed by atoms with Gasteiger partial charge in [-0.3, -0.25) is 14.4 Å². The Balaban J connectivity index is 1.81. The van der Waals surface area contributed by atoms with Crippen molar-refractivity contribution < 1.29 is 33.7 Å². The molecule has 0 saturated carbocycles. The van der Waals surface area contributed by atoms with Gasteiger partial charge in [0.2, 0.25) is 5.91 Å². The third-order valence-electron chi connectivity index (χ3n) is 8.71. The van der Waals surface area contributed by atoms with Crippen molar-refractivity contribution in [3.05, 3.63) is 49.6 Å². The smallest absolute Gasteiger partial charge is 0.312 e. The van der Waals surface area contributed by atoms with Gasteiger partial charge in [-0.1, -0.05) is 26.0 Å². The molecule has 4 rings (SSSR count). The lowest BCUT2D eigenvalue weighted by Gasteiger charge is -2.39. The van der Waals surface area contributed by atoms with Crippen molar-refractivity contribution >= 4 is 23.5 Å². The monoisotopic (exact) mass is 540 g/mol. The Morgan fingerprint density at radius 3 is 2.51 bits per heavy atom. The van der Waals surface area contributed by atoms with E-state index in [2.05, 4.69) is 13.2 Å². The summed E-state index contributed by atoms with van der Waals surface area (Å²) in [6.07, 6.45) is 5.72. The van der Waals surface area contributed by atoms with Crippen molar-refractivity contribution in [1.29, 1.82) is 0 Å². The molecule has 1 aromatic rings. The number of likely N-dealkylation sites (tertiary alicyclic amines) is 1. The average Bonchev–Trinajstić information content (AvgIpc) is 3.56. The largest absolute Gasteiger partial charge is 0.497 e. The Kier molecular flexibility index (Phi) is 8.51. The summed E-state index contributed by atoms with van der Waals surface area (Å²) in [5.74, 6) is -2.23. The lowest BCUT2D eigenvalue weighted by molar-refractivity contribution is -0.162. The van der Waals surface area contributed by atoms with Crippen molar-refractivity contribution in [3.63, 3.8) is 0 Å². The van der Waals surface area contributed by atoms with Crippen LogP contribution >= 0.6 is 0 Å². The maximum absolute atomic E-state index is 14.6. The predicted octanol–water partition coefficient (Wildman–Crippen LogP) is 3.26. The number of methoxy groups -OCH3 is 1. The van der Waals surface area contributed by atoms with Crippen molar-refractivity contribution in [2.45, 2.75) is 69.2 Å². The van der Waals surface area contributed by atoms with Crippen LogP contribution in [0.5, 0.6) is 5.75 Å². The molecule has 3 fully saturated rings. The Morgan fingerprint density at radius 2 is 1.95 bits per heavy atom. The zero-order valence-electron chi connectivity index (χ0n) is 23.1. The van der Waals surface area contributed by atoms with E-state index in [-0.39, 0.29) is 31.6 Å². The highest BCUT2D eigenvalue weighted by Crippen LogP contribution is 2.65. The van der Waals surface area contributed by atoms with E-state index in [0.717, 1.165) is 0 Å². The number of aliphatic hydroxyl groups is 1. The zero-order valence-corrected chi connectivity index (χ0v) is 23.1. The van der Waals surface area contributed by atoms with E-state index in [1.165, 1.54) is 4.90 Å². The number of esters is 1. The summed E-state index contributed by atoms with van der Waals surface area (Å²) in [6.45, 7) is 11.4. The van der Waals surface area contributed by atoms with Crippen LogP contribution in [0.4, 0.5) is 5.69 Å². The summed E-state index contributed by atoms with van der Waals surface area (Å²) in [5.41, 5.74) is -1.48. The van der Waals surface area contributed by atoms with Crippen molar-refractivity contribution in [2.75, 3.05) is 31.8 Å². The van der Waals surface area contributed by atoms with Gasteiger partial charge in [-0.05, 0) is 56.4 Å². The van der Waals surface area contributed by atoms with Crippen LogP contribution in [-0.4, -0.2) is 77.9 Å². The number of rotatable bonds is 13. The lowest BCUT2D eigenvalue weighted by Crippen LogP contribution is -2.59. The highest BCUT2D eigenvalue weighted by molar-refractivity contribution is 6.05. The van der Waals surface area contributed by atoms with Gasteiger partial charge in [0.1, 0.15) is 23.3 Å². The fourth-order valence-corrected chi connectivity index (χ4v) is 6.80. The molecule has 1 aromatic carbocycles. The van der Waals surface area contributed by atoms with E-state index in [9.17, 15) is 19.5 Å². The van der Waals surface area contributed by atoms with Gasteiger partial charge in [-0.25, -0.2) is 0 Å². The number of hydrogen-bond donors (Lipinski definition) is 1. The van der Waals surface area contributed by atoms with Crippen molar-refractivity contribution in [1.82, 2.24) is 4.90 Å². The highest BCUT2D eigenvalue weighted by Gasteiger charge is 2.79. The molecule has 1 N–H and O–H groups in total. The summed E-state index contributed by atoms with van der Waals surface area (Å²) in [7, 11) is 1.57. The minimum atomic E-state index is -1.21. The molecule has 3 aliphatic heterocycles. The van der Waals surface area contributed by atoms with Gasteiger partial charge in [0.15, 0.2) is 0 Å². The highest BCUT2D eigenvalue weighted by atomic mass is 16.6. The van der Waals surface area contributed by atoms with E-state index in [1.54, 1.807) is 48.4 Å². The molecule has 9 nitrogen and oxygen atoms in total. The molecule has 3 aliphatic rings. The molecule has 2 bridgehead atoms.